The number of nitrogens with one attached hydrogen (secondary N) is 1. The van der Waals surface area contributed by atoms with Gasteiger partial charge in [0.2, 0.25) is 0 Å². The molecule has 0 spiro atoms. The van der Waals surface area contributed by atoms with E-state index >= 15 is 0 Å². The van der Waals surface area contributed by atoms with Crippen molar-refractivity contribution in [2.75, 3.05) is 5.32 Å². The summed E-state index contributed by atoms with van der Waals surface area (Å²) in [5.74, 6) is -0.483. The maximum absolute atomic E-state index is 13.6. The maximum atomic E-state index is 13.6. The highest BCUT2D eigenvalue weighted by Gasteiger charge is 2.18. The number of rotatable bonds is 5. The molecule has 0 saturated heterocycles. The summed E-state index contributed by atoms with van der Waals surface area (Å²) in [7, 11) is 0. The summed E-state index contributed by atoms with van der Waals surface area (Å²) in [6.45, 7) is 6.01. The number of anilines is 1. The molecular weight excluding hydrogens is 439 g/mol. The Balaban J connectivity index is 1.60. The number of aromatic nitrogens is 3. The lowest BCUT2D eigenvalue weighted by Gasteiger charge is -2.15. The molecule has 1 amide bonds. The van der Waals surface area contributed by atoms with E-state index in [0.29, 0.717) is 11.3 Å². The lowest BCUT2D eigenvalue weighted by atomic mass is 10.0. The zero-order valence-electron chi connectivity index (χ0n) is 19.8. The number of benzene rings is 3. The summed E-state index contributed by atoms with van der Waals surface area (Å²) in [4.78, 5) is 18.4. The topological polar surface area (TPSA) is 59.8 Å². The summed E-state index contributed by atoms with van der Waals surface area (Å²) in [5.41, 5.74) is 7.29. The molecule has 6 heteroatoms. The number of carbonyl (C=O) groups is 1. The van der Waals surface area contributed by atoms with E-state index in [-0.39, 0.29) is 11.7 Å². The minimum Gasteiger partial charge on any atom is -0.321 e. The Bertz CT molecular complexity index is 1550. The smallest absolute Gasteiger partial charge is 0.256 e. The van der Waals surface area contributed by atoms with E-state index in [1.165, 1.54) is 12.1 Å². The molecular formula is C29H25FN4O. The van der Waals surface area contributed by atoms with E-state index in [0.717, 1.165) is 51.1 Å². The zero-order chi connectivity index (χ0) is 24.5. The highest BCUT2D eigenvalue weighted by molar-refractivity contribution is 6.13. The van der Waals surface area contributed by atoms with Crippen LogP contribution in [0.2, 0.25) is 0 Å². The predicted octanol–water partition coefficient (Wildman–Crippen LogP) is 6.66. The van der Waals surface area contributed by atoms with Gasteiger partial charge in [-0.1, -0.05) is 43.3 Å². The lowest BCUT2D eigenvalue weighted by Crippen LogP contribution is -2.15. The van der Waals surface area contributed by atoms with E-state index in [4.69, 9.17) is 4.98 Å². The van der Waals surface area contributed by atoms with Crippen LogP contribution in [-0.2, 0) is 6.42 Å². The first-order chi connectivity index (χ1) is 17.0. The molecule has 0 aliphatic carbocycles. The largest absolute Gasteiger partial charge is 0.321 e. The number of hydrogen-bond acceptors (Lipinski definition) is 3. The van der Waals surface area contributed by atoms with E-state index in [1.54, 1.807) is 23.0 Å². The van der Waals surface area contributed by atoms with Crippen LogP contribution >= 0.6 is 0 Å². The van der Waals surface area contributed by atoms with Gasteiger partial charge in [0.15, 0.2) is 0 Å². The van der Waals surface area contributed by atoms with Crippen molar-refractivity contribution in [2.24, 2.45) is 0 Å². The second-order valence-electron chi connectivity index (χ2n) is 8.52. The van der Waals surface area contributed by atoms with E-state index in [9.17, 15) is 9.18 Å². The number of carbonyl (C=O) groups excluding carboxylic acids is 1. The molecule has 0 unspecified atom stereocenters. The molecule has 0 atom stereocenters. The number of aryl methyl sites for hydroxylation is 2. The van der Waals surface area contributed by atoms with Crippen LogP contribution in [0.15, 0.2) is 79.0 Å². The van der Waals surface area contributed by atoms with Gasteiger partial charge >= 0.3 is 0 Å². The second kappa shape index (κ2) is 9.14. The van der Waals surface area contributed by atoms with E-state index in [2.05, 4.69) is 17.3 Å². The van der Waals surface area contributed by atoms with Crippen LogP contribution in [0.4, 0.5) is 10.1 Å². The number of amides is 1. The summed E-state index contributed by atoms with van der Waals surface area (Å²) in [5, 5.41) is 8.43. The van der Waals surface area contributed by atoms with Gasteiger partial charge in [-0.05, 0) is 67.8 Å². The monoisotopic (exact) mass is 464 g/mol. The molecule has 0 bridgehead atoms. The van der Waals surface area contributed by atoms with Crippen LogP contribution < -0.4 is 5.32 Å². The molecule has 1 N–H and O–H groups in total. The van der Waals surface area contributed by atoms with E-state index in [1.807, 2.05) is 62.4 Å². The normalized spacial score (nSPS) is 11.1. The zero-order valence-corrected chi connectivity index (χ0v) is 19.8. The molecule has 0 aliphatic rings. The minimum absolute atomic E-state index is 0.183. The van der Waals surface area contributed by atoms with Gasteiger partial charge in [0.05, 0.1) is 34.4 Å². The standard InChI is InChI=1S/C29H25FN4O/c1-4-20-9-7-8-18(2)28(20)33-29(35)24-16-27(32-26-11-6-5-10-23(24)26)25-17-31-34(19(25)3)22-14-12-21(30)13-15-22/h5-17H,4H2,1-3H3,(H,33,35). The third-order valence-electron chi connectivity index (χ3n) is 6.30. The molecule has 0 saturated carbocycles. The molecule has 0 radical (unpaired) electrons. The van der Waals surface area contributed by atoms with Crippen molar-refractivity contribution in [2.45, 2.75) is 27.2 Å². The van der Waals surface area contributed by atoms with Crippen LogP contribution in [0.3, 0.4) is 0 Å². The number of fused-ring (bicyclic) bond motifs is 1. The first-order valence-electron chi connectivity index (χ1n) is 11.6. The van der Waals surface area contributed by atoms with Crippen LogP contribution in [0.5, 0.6) is 0 Å². The van der Waals surface area contributed by atoms with Gasteiger partial charge in [0.1, 0.15) is 5.82 Å². The molecule has 35 heavy (non-hydrogen) atoms. The highest BCUT2D eigenvalue weighted by Crippen LogP contribution is 2.29. The Kier molecular flexibility index (Phi) is 5.87. The van der Waals surface area contributed by atoms with Gasteiger partial charge in [-0.3, -0.25) is 4.79 Å². The van der Waals surface area contributed by atoms with Crippen molar-refractivity contribution in [3.05, 3.63) is 107 Å². The van der Waals surface area contributed by atoms with Gasteiger partial charge in [-0.15, -0.1) is 0 Å². The molecule has 3 aromatic carbocycles. The quantitative estimate of drug-likeness (QED) is 0.316. The molecule has 174 valence electrons. The van der Waals surface area contributed by atoms with Gasteiger partial charge in [0.25, 0.3) is 5.91 Å². The van der Waals surface area contributed by atoms with Gasteiger partial charge < -0.3 is 5.32 Å². The van der Waals surface area contributed by atoms with Crippen LogP contribution in [-0.4, -0.2) is 20.7 Å². The number of pyridine rings is 1. The van der Waals surface area contributed by atoms with Crippen molar-refractivity contribution >= 4 is 22.5 Å². The van der Waals surface area contributed by atoms with Gasteiger partial charge in [-0.2, -0.15) is 5.10 Å². The number of hydrogen-bond donors (Lipinski definition) is 1. The Hall–Kier alpha value is -4.32. The molecule has 2 aromatic heterocycles. The fourth-order valence-corrected chi connectivity index (χ4v) is 4.39. The summed E-state index contributed by atoms with van der Waals surface area (Å²) in [6, 6.07) is 21.7. The molecule has 2 heterocycles. The molecule has 0 aliphatic heterocycles. The molecule has 5 aromatic rings. The molecule has 5 rings (SSSR count). The van der Waals surface area contributed by atoms with Crippen LogP contribution in [0.1, 0.15) is 34.1 Å². The fraction of sp³-hybridized carbons (Fsp3) is 0.138. The third kappa shape index (κ3) is 4.19. The maximum Gasteiger partial charge on any atom is 0.256 e. The first-order valence-corrected chi connectivity index (χ1v) is 11.6. The van der Waals surface area contributed by atoms with Gasteiger partial charge in [-0.25, -0.2) is 14.1 Å². The van der Waals surface area contributed by atoms with E-state index < -0.39 is 0 Å². The Morgan fingerprint density at radius 3 is 2.54 bits per heavy atom. The number of halogens is 1. The Morgan fingerprint density at radius 2 is 1.77 bits per heavy atom. The van der Waals surface area contributed by atoms with Crippen molar-refractivity contribution < 1.29 is 9.18 Å². The second-order valence-corrected chi connectivity index (χ2v) is 8.52. The Labute approximate surface area is 203 Å². The molecule has 0 fully saturated rings. The summed E-state index contributed by atoms with van der Waals surface area (Å²) >= 11 is 0. The SMILES string of the molecule is CCc1cccc(C)c1NC(=O)c1cc(-c2cnn(-c3ccc(F)cc3)c2C)nc2ccccc12. The highest BCUT2D eigenvalue weighted by atomic mass is 19.1. The first kappa shape index (κ1) is 22.5. The van der Waals surface area contributed by atoms with Gasteiger partial charge in [0, 0.05) is 16.6 Å². The van der Waals surface area contributed by atoms with Crippen molar-refractivity contribution in [3.63, 3.8) is 0 Å². The van der Waals surface area contributed by atoms with Crippen molar-refractivity contribution in [1.29, 1.82) is 0 Å². The summed E-state index contributed by atoms with van der Waals surface area (Å²) < 4.78 is 15.1. The molecule has 5 nitrogen and oxygen atoms in total. The van der Waals surface area contributed by atoms with Crippen molar-refractivity contribution in [3.8, 4) is 16.9 Å². The average molecular weight is 465 g/mol. The Morgan fingerprint density at radius 1 is 1.00 bits per heavy atom. The average Bonchev–Trinajstić information content (AvgIpc) is 3.26. The summed E-state index contributed by atoms with van der Waals surface area (Å²) in [6.07, 6.45) is 2.55. The van der Waals surface area contributed by atoms with Crippen LogP contribution in [0, 0.1) is 19.7 Å². The fourth-order valence-electron chi connectivity index (χ4n) is 4.39. The van der Waals surface area contributed by atoms with Crippen LogP contribution in [0.25, 0.3) is 27.8 Å². The number of nitrogens with zero attached hydrogens (tertiary/aromatic N) is 3. The third-order valence-corrected chi connectivity index (χ3v) is 6.30. The lowest BCUT2D eigenvalue weighted by molar-refractivity contribution is 0.102. The number of para-hydroxylation sites is 2. The van der Waals surface area contributed by atoms with Crippen molar-refractivity contribution in [1.82, 2.24) is 14.8 Å². The predicted molar refractivity (Wildman–Crippen MR) is 138 cm³/mol. The minimum atomic E-state index is -0.300.